The highest BCUT2D eigenvalue weighted by molar-refractivity contribution is 5.89. The topological polar surface area (TPSA) is 51.8 Å². The van der Waals surface area contributed by atoms with Crippen molar-refractivity contribution in [3.8, 4) is 22.5 Å². The van der Waals surface area contributed by atoms with Crippen LogP contribution < -0.4 is 5.73 Å². The molecule has 0 saturated heterocycles. The maximum atomic E-state index is 6.04. The normalized spacial score (nSPS) is 11.1. The molecule has 0 aliphatic rings. The summed E-state index contributed by atoms with van der Waals surface area (Å²) < 4.78 is 0. The van der Waals surface area contributed by atoms with E-state index in [1.807, 2.05) is 30.3 Å². The van der Waals surface area contributed by atoms with Crippen molar-refractivity contribution in [3.05, 3.63) is 91.0 Å². The second-order valence-corrected chi connectivity index (χ2v) is 6.62. The zero-order chi connectivity index (χ0) is 18.2. The Balaban J connectivity index is 1.64. The van der Waals surface area contributed by atoms with Gasteiger partial charge in [-0.3, -0.25) is 0 Å². The van der Waals surface area contributed by atoms with E-state index in [1.165, 1.54) is 21.5 Å². The van der Waals surface area contributed by atoms with Gasteiger partial charge in [0.2, 0.25) is 5.95 Å². The molecule has 4 aromatic carbocycles. The molecule has 0 amide bonds. The minimum atomic E-state index is 0.281. The second kappa shape index (κ2) is 6.22. The van der Waals surface area contributed by atoms with Crippen molar-refractivity contribution in [2.75, 3.05) is 5.73 Å². The van der Waals surface area contributed by atoms with Crippen molar-refractivity contribution < 1.29 is 0 Å². The number of nitrogens with zero attached hydrogens (tertiary/aromatic N) is 2. The van der Waals surface area contributed by atoms with Gasteiger partial charge in [-0.15, -0.1) is 0 Å². The molecule has 0 spiro atoms. The Hall–Kier alpha value is -3.72. The number of fused-ring (bicyclic) bond motifs is 2. The third-order valence-electron chi connectivity index (χ3n) is 4.83. The van der Waals surface area contributed by atoms with E-state index < -0.39 is 0 Å². The molecule has 0 fully saturated rings. The van der Waals surface area contributed by atoms with Crippen LogP contribution in [0.15, 0.2) is 91.0 Å². The van der Waals surface area contributed by atoms with Gasteiger partial charge in [-0.05, 0) is 39.7 Å². The molecule has 3 nitrogen and oxygen atoms in total. The fourth-order valence-corrected chi connectivity index (χ4v) is 3.46. The Bertz CT molecular complexity index is 1190. The van der Waals surface area contributed by atoms with Crippen LogP contribution in [0.3, 0.4) is 0 Å². The van der Waals surface area contributed by atoms with Crippen molar-refractivity contribution in [1.82, 2.24) is 9.97 Å². The zero-order valence-electron chi connectivity index (χ0n) is 14.6. The molecule has 0 saturated carbocycles. The first kappa shape index (κ1) is 15.5. The molecule has 0 radical (unpaired) electrons. The van der Waals surface area contributed by atoms with Gasteiger partial charge in [0.05, 0.1) is 11.4 Å². The molecule has 2 N–H and O–H groups in total. The van der Waals surface area contributed by atoms with Crippen LogP contribution in [0.5, 0.6) is 0 Å². The maximum absolute atomic E-state index is 6.04. The Morgan fingerprint density at radius 2 is 0.926 bits per heavy atom. The molecule has 3 heteroatoms. The molecule has 1 heterocycles. The van der Waals surface area contributed by atoms with Gasteiger partial charge in [0.1, 0.15) is 0 Å². The van der Waals surface area contributed by atoms with Crippen LogP contribution in [0.25, 0.3) is 44.1 Å². The van der Waals surface area contributed by atoms with Crippen LogP contribution >= 0.6 is 0 Å². The third-order valence-corrected chi connectivity index (χ3v) is 4.83. The van der Waals surface area contributed by atoms with Crippen LogP contribution in [0, 0.1) is 0 Å². The molecule has 0 aliphatic carbocycles. The SMILES string of the molecule is Nc1nc(-c2ccc3ccccc3c2)cc(-c2ccc3ccccc3c2)n1. The summed E-state index contributed by atoms with van der Waals surface area (Å²) in [5.41, 5.74) is 9.76. The summed E-state index contributed by atoms with van der Waals surface area (Å²) in [6.07, 6.45) is 0. The lowest BCUT2D eigenvalue weighted by Gasteiger charge is -2.08. The highest BCUT2D eigenvalue weighted by Crippen LogP contribution is 2.28. The van der Waals surface area contributed by atoms with Crippen LogP contribution in [-0.2, 0) is 0 Å². The van der Waals surface area contributed by atoms with Gasteiger partial charge in [-0.2, -0.15) is 0 Å². The standard InChI is InChI=1S/C24H17N3/c25-24-26-22(20-11-9-16-5-1-3-7-18(16)13-20)15-23(27-24)21-12-10-17-6-2-4-8-19(17)14-21/h1-15H,(H2,25,26,27). The van der Waals surface area contributed by atoms with Crippen LogP contribution in [-0.4, -0.2) is 9.97 Å². The minimum absolute atomic E-state index is 0.281. The van der Waals surface area contributed by atoms with Gasteiger partial charge < -0.3 is 5.73 Å². The lowest BCUT2D eigenvalue weighted by Crippen LogP contribution is -1.98. The van der Waals surface area contributed by atoms with E-state index in [9.17, 15) is 0 Å². The molecule has 1 aromatic heterocycles. The number of benzene rings is 4. The second-order valence-electron chi connectivity index (χ2n) is 6.62. The molecule has 0 aliphatic heterocycles. The molecular formula is C24H17N3. The smallest absolute Gasteiger partial charge is 0.221 e. The quantitative estimate of drug-likeness (QED) is 0.446. The van der Waals surface area contributed by atoms with Gasteiger partial charge in [0.15, 0.2) is 0 Å². The monoisotopic (exact) mass is 347 g/mol. The number of nitrogen functional groups attached to an aromatic ring is 1. The number of anilines is 1. The molecule has 128 valence electrons. The lowest BCUT2D eigenvalue weighted by molar-refractivity contribution is 1.19. The Morgan fingerprint density at radius 1 is 0.481 bits per heavy atom. The van der Waals surface area contributed by atoms with Crippen molar-refractivity contribution in [3.63, 3.8) is 0 Å². The minimum Gasteiger partial charge on any atom is -0.368 e. The highest BCUT2D eigenvalue weighted by Gasteiger charge is 2.08. The van der Waals surface area contributed by atoms with Crippen LogP contribution in [0.1, 0.15) is 0 Å². The van der Waals surface area contributed by atoms with Crippen LogP contribution in [0.4, 0.5) is 5.95 Å². The van der Waals surface area contributed by atoms with Gasteiger partial charge >= 0.3 is 0 Å². The zero-order valence-corrected chi connectivity index (χ0v) is 14.6. The number of aromatic nitrogens is 2. The average molecular weight is 347 g/mol. The number of hydrogen-bond acceptors (Lipinski definition) is 3. The predicted octanol–water partition coefficient (Wildman–Crippen LogP) is 5.70. The Kier molecular flexibility index (Phi) is 3.58. The first-order valence-corrected chi connectivity index (χ1v) is 8.89. The molecule has 0 unspecified atom stereocenters. The average Bonchev–Trinajstić information content (AvgIpc) is 2.72. The van der Waals surface area contributed by atoms with Crippen molar-refractivity contribution in [1.29, 1.82) is 0 Å². The van der Waals surface area contributed by atoms with Crippen molar-refractivity contribution in [2.45, 2.75) is 0 Å². The molecule has 5 rings (SSSR count). The molecular weight excluding hydrogens is 330 g/mol. The van der Waals surface area contributed by atoms with E-state index in [0.29, 0.717) is 0 Å². The maximum Gasteiger partial charge on any atom is 0.221 e. The van der Waals surface area contributed by atoms with E-state index >= 15 is 0 Å². The van der Waals surface area contributed by atoms with Gasteiger partial charge in [-0.1, -0.05) is 72.8 Å². The Labute approximate surface area is 157 Å². The van der Waals surface area contributed by atoms with Crippen molar-refractivity contribution >= 4 is 27.5 Å². The third kappa shape index (κ3) is 2.89. The largest absolute Gasteiger partial charge is 0.368 e. The van der Waals surface area contributed by atoms with E-state index in [2.05, 4.69) is 70.6 Å². The van der Waals surface area contributed by atoms with E-state index in [-0.39, 0.29) is 5.95 Å². The van der Waals surface area contributed by atoms with E-state index in [1.54, 1.807) is 0 Å². The number of nitrogens with two attached hydrogens (primary N) is 1. The number of rotatable bonds is 2. The van der Waals surface area contributed by atoms with Gasteiger partial charge in [-0.25, -0.2) is 9.97 Å². The number of hydrogen-bond donors (Lipinski definition) is 1. The summed E-state index contributed by atoms with van der Waals surface area (Å²) in [6.45, 7) is 0. The molecule has 0 bridgehead atoms. The summed E-state index contributed by atoms with van der Waals surface area (Å²) >= 11 is 0. The summed E-state index contributed by atoms with van der Waals surface area (Å²) in [6, 6.07) is 31.3. The molecule has 5 aromatic rings. The Morgan fingerprint density at radius 3 is 1.41 bits per heavy atom. The lowest BCUT2D eigenvalue weighted by atomic mass is 10.0. The first-order chi connectivity index (χ1) is 13.3. The summed E-state index contributed by atoms with van der Waals surface area (Å²) in [5.74, 6) is 0.281. The highest BCUT2D eigenvalue weighted by atomic mass is 15.0. The fraction of sp³-hybridized carbons (Fsp3) is 0. The summed E-state index contributed by atoms with van der Waals surface area (Å²) in [7, 11) is 0. The predicted molar refractivity (Wildman–Crippen MR) is 112 cm³/mol. The van der Waals surface area contributed by atoms with Crippen LogP contribution in [0.2, 0.25) is 0 Å². The van der Waals surface area contributed by atoms with Crippen molar-refractivity contribution in [2.24, 2.45) is 0 Å². The summed E-state index contributed by atoms with van der Waals surface area (Å²) in [5, 5.41) is 4.77. The van der Waals surface area contributed by atoms with E-state index in [4.69, 9.17) is 5.73 Å². The van der Waals surface area contributed by atoms with E-state index in [0.717, 1.165) is 22.5 Å². The van der Waals surface area contributed by atoms with Gasteiger partial charge in [0.25, 0.3) is 0 Å². The molecule has 0 atom stereocenters. The first-order valence-electron chi connectivity index (χ1n) is 8.89. The fourth-order valence-electron chi connectivity index (χ4n) is 3.46. The summed E-state index contributed by atoms with van der Waals surface area (Å²) in [4.78, 5) is 8.93. The molecule has 27 heavy (non-hydrogen) atoms. The van der Waals surface area contributed by atoms with Gasteiger partial charge in [0, 0.05) is 11.1 Å².